The van der Waals surface area contributed by atoms with Gasteiger partial charge in [0.05, 0.1) is 10.6 Å². The van der Waals surface area contributed by atoms with Crippen LogP contribution in [0.1, 0.15) is 35.1 Å². The van der Waals surface area contributed by atoms with Crippen LogP contribution in [0.25, 0.3) is 0 Å². The highest BCUT2D eigenvalue weighted by Gasteiger charge is 2.47. The Morgan fingerprint density at radius 2 is 1.74 bits per heavy atom. The fourth-order valence-electron chi connectivity index (χ4n) is 4.00. The third-order valence-electron chi connectivity index (χ3n) is 5.59. The molecule has 162 valence electrons. The monoisotopic (exact) mass is 451 g/mol. The van der Waals surface area contributed by atoms with Gasteiger partial charge in [-0.25, -0.2) is 4.79 Å². The fraction of sp³-hybridized carbons (Fsp3) is 0.286. The molecular formula is C21H17ClF3N3O3. The molecule has 31 heavy (non-hydrogen) atoms. The van der Waals surface area contributed by atoms with Gasteiger partial charge in [-0.1, -0.05) is 41.9 Å². The fourth-order valence-corrected chi connectivity index (χ4v) is 4.30. The van der Waals surface area contributed by atoms with E-state index in [4.69, 9.17) is 11.6 Å². The van der Waals surface area contributed by atoms with Crippen molar-refractivity contribution in [3.05, 3.63) is 69.7 Å². The Balaban J connectivity index is 1.51. The molecule has 2 heterocycles. The van der Waals surface area contributed by atoms with E-state index in [-0.39, 0.29) is 31.8 Å². The lowest BCUT2D eigenvalue weighted by atomic mass is 9.85. The number of benzene rings is 2. The highest BCUT2D eigenvalue weighted by molar-refractivity contribution is 6.31. The summed E-state index contributed by atoms with van der Waals surface area (Å²) in [6.07, 6.45) is -4.66. The van der Waals surface area contributed by atoms with Crippen LogP contribution in [0, 0.1) is 0 Å². The van der Waals surface area contributed by atoms with E-state index in [1.54, 1.807) is 30.3 Å². The van der Waals surface area contributed by atoms with E-state index >= 15 is 0 Å². The molecule has 1 atom stereocenters. The maximum absolute atomic E-state index is 13.1. The second-order valence-electron chi connectivity index (χ2n) is 7.53. The first-order valence-electron chi connectivity index (χ1n) is 9.45. The molecule has 2 aliphatic heterocycles. The quantitative estimate of drug-likeness (QED) is 0.695. The minimum absolute atomic E-state index is 0.00875. The Morgan fingerprint density at radius 1 is 1.10 bits per heavy atom. The molecule has 2 aromatic carbocycles. The van der Waals surface area contributed by atoms with E-state index in [1.807, 2.05) is 0 Å². The van der Waals surface area contributed by atoms with E-state index < -0.39 is 34.2 Å². The maximum atomic E-state index is 13.1. The average molecular weight is 452 g/mol. The SMILES string of the molecule is O=C1NC(=O)[C@@](CCC(=O)N2Cc3cc(Cl)c(C(F)(F)F)cc3C2)(c2ccccc2)N1. The minimum atomic E-state index is -4.58. The van der Waals surface area contributed by atoms with Crippen LogP contribution in [-0.4, -0.2) is 22.7 Å². The van der Waals surface area contributed by atoms with Crippen LogP contribution in [-0.2, 0) is 34.4 Å². The summed E-state index contributed by atoms with van der Waals surface area (Å²) in [5, 5.41) is 4.41. The lowest BCUT2D eigenvalue weighted by Crippen LogP contribution is -2.44. The standard InChI is InChI=1S/C21H17ClF3N3O3/c22-16-9-13-11-28(10-12(13)8-15(16)21(23,24)25)17(29)6-7-20(14-4-2-1-3-5-14)18(30)26-19(31)27-20/h1-5,8-9H,6-7,10-11H2,(H2,26,27,30,31)/t20-/m1/s1. The first-order chi connectivity index (χ1) is 14.6. The summed E-state index contributed by atoms with van der Waals surface area (Å²) in [5.74, 6) is -0.895. The van der Waals surface area contributed by atoms with Crippen LogP contribution in [0.15, 0.2) is 42.5 Å². The van der Waals surface area contributed by atoms with Crippen LogP contribution >= 0.6 is 11.6 Å². The first-order valence-corrected chi connectivity index (χ1v) is 9.83. The van der Waals surface area contributed by atoms with E-state index in [9.17, 15) is 27.6 Å². The molecular weight excluding hydrogens is 435 g/mol. The predicted octanol–water partition coefficient (Wildman–Crippen LogP) is 3.72. The summed E-state index contributed by atoms with van der Waals surface area (Å²) in [5.41, 5.74) is -0.841. The van der Waals surface area contributed by atoms with Gasteiger partial charge >= 0.3 is 12.2 Å². The van der Waals surface area contributed by atoms with Gasteiger partial charge in [-0.2, -0.15) is 13.2 Å². The van der Waals surface area contributed by atoms with Crippen molar-refractivity contribution in [1.29, 1.82) is 0 Å². The summed E-state index contributed by atoms with van der Waals surface area (Å²) in [6, 6.07) is 10.1. The van der Waals surface area contributed by atoms with Crippen LogP contribution in [0.5, 0.6) is 0 Å². The highest BCUT2D eigenvalue weighted by Crippen LogP contribution is 2.39. The number of alkyl halides is 3. The summed E-state index contributed by atoms with van der Waals surface area (Å²) >= 11 is 5.77. The number of carbonyl (C=O) groups excluding carboxylic acids is 3. The topological polar surface area (TPSA) is 78.5 Å². The molecule has 0 unspecified atom stereocenters. The smallest absolute Gasteiger partial charge is 0.334 e. The van der Waals surface area contributed by atoms with Gasteiger partial charge in [-0.15, -0.1) is 0 Å². The van der Waals surface area contributed by atoms with E-state index in [0.717, 1.165) is 6.07 Å². The van der Waals surface area contributed by atoms with Crippen molar-refractivity contribution in [2.45, 2.75) is 37.6 Å². The third kappa shape index (κ3) is 3.85. The average Bonchev–Trinajstić information content (AvgIpc) is 3.25. The van der Waals surface area contributed by atoms with E-state index in [0.29, 0.717) is 16.7 Å². The molecule has 10 heteroatoms. The number of halogens is 4. The number of hydrogen-bond donors (Lipinski definition) is 2. The molecule has 0 aliphatic carbocycles. The zero-order valence-corrected chi connectivity index (χ0v) is 16.8. The molecule has 4 rings (SSSR count). The number of urea groups is 1. The van der Waals surface area contributed by atoms with Crippen LogP contribution in [0.3, 0.4) is 0 Å². The zero-order valence-electron chi connectivity index (χ0n) is 16.1. The molecule has 2 aromatic rings. The maximum Gasteiger partial charge on any atom is 0.417 e. The number of hydrogen-bond acceptors (Lipinski definition) is 3. The summed E-state index contributed by atoms with van der Waals surface area (Å²) < 4.78 is 39.3. The van der Waals surface area contributed by atoms with Crippen LogP contribution < -0.4 is 10.6 Å². The lowest BCUT2D eigenvalue weighted by molar-refractivity contribution is -0.137. The van der Waals surface area contributed by atoms with Crippen molar-refractivity contribution >= 4 is 29.4 Å². The highest BCUT2D eigenvalue weighted by atomic mass is 35.5. The predicted molar refractivity (Wildman–Crippen MR) is 105 cm³/mol. The van der Waals surface area contributed by atoms with Crippen molar-refractivity contribution in [3.63, 3.8) is 0 Å². The Bertz CT molecular complexity index is 1070. The molecule has 6 nitrogen and oxygen atoms in total. The number of imide groups is 1. The summed E-state index contributed by atoms with van der Waals surface area (Å²) in [6.45, 7) is 0.147. The van der Waals surface area contributed by atoms with Gasteiger partial charge in [0.25, 0.3) is 5.91 Å². The molecule has 2 aliphatic rings. The molecule has 0 radical (unpaired) electrons. The number of amides is 4. The Kier molecular flexibility index (Phi) is 5.17. The van der Waals surface area contributed by atoms with E-state index in [1.165, 1.54) is 11.0 Å². The van der Waals surface area contributed by atoms with Gasteiger partial charge in [-0.3, -0.25) is 14.9 Å². The number of nitrogens with zero attached hydrogens (tertiary/aromatic N) is 1. The van der Waals surface area contributed by atoms with Gasteiger partial charge in [0, 0.05) is 19.5 Å². The number of carbonyl (C=O) groups is 3. The van der Waals surface area contributed by atoms with Crippen molar-refractivity contribution < 1.29 is 27.6 Å². The minimum Gasteiger partial charge on any atom is -0.334 e. The van der Waals surface area contributed by atoms with Gasteiger partial charge in [0.1, 0.15) is 5.54 Å². The van der Waals surface area contributed by atoms with Crippen molar-refractivity contribution in [2.75, 3.05) is 0 Å². The Labute approximate surface area is 180 Å². The third-order valence-corrected chi connectivity index (χ3v) is 5.90. The van der Waals surface area contributed by atoms with Gasteiger partial charge < -0.3 is 10.2 Å². The van der Waals surface area contributed by atoms with Gasteiger partial charge in [0.15, 0.2) is 0 Å². The second-order valence-corrected chi connectivity index (χ2v) is 7.94. The van der Waals surface area contributed by atoms with Crippen molar-refractivity contribution in [3.8, 4) is 0 Å². The Morgan fingerprint density at radius 3 is 2.32 bits per heavy atom. The lowest BCUT2D eigenvalue weighted by Gasteiger charge is -2.27. The summed E-state index contributed by atoms with van der Waals surface area (Å²) in [4.78, 5) is 38.6. The molecule has 1 fully saturated rings. The van der Waals surface area contributed by atoms with Crippen molar-refractivity contribution in [2.24, 2.45) is 0 Å². The van der Waals surface area contributed by atoms with Gasteiger partial charge in [0.2, 0.25) is 5.91 Å². The number of nitrogens with one attached hydrogen (secondary N) is 2. The zero-order chi connectivity index (χ0) is 22.4. The molecule has 0 aromatic heterocycles. The molecule has 0 bridgehead atoms. The molecule has 0 spiro atoms. The van der Waals surface area contributed by atoms with Gasteiger partial charge in [-0.05, 0) is 35.2 Å². The summed E-state index contributed by atoms with van der Waals surface area (Å²) in [7, 11) is 0. The molecule has 4 amide bonds. The first kappa shape index (κ1) is 21.2. The molecule has 1 saturated heterocycles. The van der Waals surface area contributed by atoms with Crippen LogP contribution in [0.4, 0.5) is 18.0 Å². The van der Waals surface area contributed by atoms with Crippen molar-refractivity contribution in [1.82, 2.24) is 15.5 Å². The largest absolute Gasteiger partial charge is 0.417 e. The normalized spacial score (nSPS) is 20.5. The van der Waals surface area contributed by atoms with E-state index in [2.05, 4.69) is 10.6 Å². The molecule has 0 saturated carbocycles. The molecule has 2 N–H and O–H groups in total. The Hall–Kier alpha value is -3.07. The second kappa shape index (κ2) is 7.56. The van der Waals surface area contributed by atoms with Crippen LogP contribution in [0.2, 0.25) is 5.02 Å². The number of rotatable bonds is 4. The number of fused-ring (bicyclic) bond motifs is 1.